The average molecular weight is 339 g/mol. The Bertz CT molecular complexity index is 1010. The summed E-state index contributed by atoms with van der Waals surface area (Å²) in [5, 5.41) is 6.86. The summed E-state index contributed by atoms with van der Waals surface area (Å²) in [6, 6.07) is 10.5. The zero-order valence-corrected chi connectivity index (χ0v) is 13.8. The number of carbonyl (C=O) groups is 1. The molecule has 0 saturated carbocycles. The molecule has 0 aliphatic heterocycles. The minimum atomic E-state index is -0.541. The summed E-state index contributed by atoms with van der Waals surface area (Å²) >= 11 is 0. The smallest absolute Gasteiger partial charge is 0.331 e. The lowest BCUT2D eigenvalue weighted by atomic mass is 10.2. The van der Waals surface area contributed by atoms with Gasteiger partial charge in [-0.05, 0) is 23.8 Å². The minimum absolute atomic E-state index is 0.0289. The molecule has 0 saturated heterocycles. The van der Waals surface area contributed by atoms with Gasteiger partial charge in [0.15, 0.2) is 0 Å². The Kier molecular flexibility index (Phi) is 4.34. The van der Waals surface area contributed by atoms with Crippen molar-refractivity contribution in [2.24, 2.45) is 14.1 Å². The Morgan fingerprint density at radius 2 is 1.84 bits per heavy atom. The third-order valence-electron chi connectivity index (χ3n) is 3.92. The lowest BCUT2D eigenvalue weighted by Crippen LogP contribution is -2.41. The molecule has 8 heteroatoms. The van der Waals surface area contributed by atoms with Crippen molar-refractivity contribution < 1.29 is 4.79 Å². The summed E-state index contributed by atoms with van der Waals surface area (Å²) in [6.07, 6.45) is 3.54. The molecule has 0 radical (unpaired) electrons. The van der Waals surface area contributed by atoms with Crippen LogP contribution in [-0.2, 0) is 20.6 Å². The van der Waals surface area contributed by atoms with Crippen molar-refractivity contribution in [1.82, 2.24) is 24.2 Å². The van der Waals surface area contributed by atoms with E-state index in [9.17, 15) is 14.4 Å². The largest absolute Gasteiger partial charge is 0.347 e. The van der Waals surface area contributed by atoms with E-state index in [1.807, 2.05) is 36.5 Å². The molecule has 1 N–H and O–H groups in total. The number of nitrogens with one attached hydrogen (secondary N) is 1. The van der Waals surface area contributed by atoms with Gasteiger partial charge < -0.3 is 5.32 Å². The SMILES string of the molecule is Cn1c(C(=O)NCc2ccc(-n3cccn3)cc2)cc(=O)n(C)c1=O. The summed E-state index contributed by atoms with van der Waals surface area (Å²) < 4.78 is 3.83. The first-order valence-electron chi connectivity index (χ1n) is 7.61. The Hall–Kier alpha value is -3.42. The standard InChI is InChI=1S/C17H17N5O3/c1-20-14(10-15(23)21(2)17(20)25)16(24)18-11-12-4-6-13(7-5-12)22-9-3-8-19-22/h3-10H,11H2,1-2H3,(H,18,24). The van der Waals surface area contributed by atoms with Gasteiger partial charge in [-0.3, -0.25) is 18.7 Å². The van der Waals surface area contributed by atoms with Crippen LogP contribution >= 0.6 is 0 Å². The van der Waals surface area contributed by atoms with Crippen LogP contribution in [0.15, 0.2) is 58.4 Å². The maximum atomic E-state index is 12.3. The van der Waals surface area contributed by atoms with E-state index in [1.165, 1.54) is 14.1 Å². The first-order valence-corrected chi connectivity index (χ1v) is 7.61. The highest BCUT2D eigenvalue weighted by atomic mass is 16.2. The third-order valence-corrected chi connectivity index (χ3v) is 3.92. The van der Waals surface area contributed by atoms with Crippen LogP contribution in [0.4, 0.5) is 0 Å². The molecule has 1 aromatic carbocycles. The number of hydrogen-bond donors (Lipinski definition) is 1. The number of benzene rings is 1. The summed E-state index contributed by atoms with van der Waals surface area (Å²) in [6.45, 7) is 0.279. The van der Waals surface area contributed by atoms with Gasteiger partial charge in [0.25, 0.3) is 11.5 Å². The van der Waals surface area contributed by atoms with Crippen molar-refractivity contribution >= 4 is 5.91 Å². The Labute approximate surface area is 143 Å². The first kappa shape index (κ1) is 16.4. The van der Waals surface area contributed by atoms with Gasteiger partial charge in [0, 0.05) is 39.1 Å². The number of carbonyl (C=O) groups excluding carboxylic acids is 1. The first-order chi connectivity index (χ1) is 12.0. The van der Waals surface area contributed by atoms with Crippen molar-refractivity contribution in [2.45, 2.75) is 6.54 Å². The lowest BCUT2D eigenvalue weighted by Gasteiger charge is -2.10. The Morgan fingerprint density at radius 3 is 2.48 bits per heavy atom. The highest BCUT2D eigenvalue weighted by Gasteiger charge is 2.13. The number of rotatable bonds is 4. The fourth-order valence-electron chi connectivity index (χ4n) is 2.41. The van der Waals surface area contributed by atoms with Gasteiger partial charge in [-0.25, -0.2) is 9.48 Å². The van der Waals surface area contributed by atoms with Crippen molar-refractivity contribution in [3.05, 3.63) is 80.9 Å². The second-order valence-corrected chi connectivity index (χ2v) is 5.57. The fraction of sp³-hybridized carbons (Fsp3) is 0.176. The predicted octanol–water partition coefficient (Wildman–Crippen LogP) is 0.200. The van der Waals surface area contributed by atoms with Crippen molar-refractivity contribution in [1.29, 1.82) is 0 Å². The molecule has 2 heterocycles. The quantitative estimate of drug-likeness (QED) is 0.735. The Morgan fingerprint density at radius 1 is 1.12 bits per heavy atom. The highest BCUT2D eigenvalue weighted by molar-refractivity contribution is 5.92. The van der Waals surface area contributed by atoms with E-state index in [0.717, 1.165) is 26.5 Å². The molecule has 0 bridgehead atoms. The molecule has 3 aromatic rings. The maximum Gasteiger partial charge on any atom is 0.331 e. The lowest BCUT2D eigenvalue weighted by molar-refractivity contribution is 0.0940. The van der Waals surface area contributed by atoms with E-state index in [1.54, 1.807) is 10.9 Å². The molecular weight excluding hydrogens is 322 g/mol. The molecule has 0 spiro atoms. The molecule has 0 aliphatic carbocycles. The topological polar surface area (TPSA) is 90.9 Å². The monoisotopic (exact) mass is 339 g/mol. The zero-order valence-electron chi connectivity index (χ0n) is 13.8. The van der Waals surface area contributed by atoms with E-state index in [4.69, 9.17) is 0 Å². The van der Waals surface area contributed by atoms with Crippen LogP contribution in [0.25, 0.3) is 5.69 Å². The zero-order chi connectivity index (χ0) is 18.0. The molecule has 128 valence electrons. The number of aromatic nitrogens is 4. The molecular formula is C17H17N5O3. The van der Waals surface area contributed by atoms with Crippen LogP contribution in [0.1, 0.15) is 16.1 Å². The summed E-state index contributed by atoms with van der Waals surface area (Å²) in [7, 11) is 2.82. The molecule has 1 amide bonds. The molecule has 25 heavy (non-hydrogen) atoms. The van der Waals surface area contributed by atoms with Gasteiger partial charge in [-0.15, -0.1) is 0 Å². The number of nitrogens with zero attached hydrogens (tertiary/aromatic N) is 4. The maximum absolute atomic E-state index is 12.3. The molecule has 3 rings (SSSR count). The molecule has 0 aliphatic rings. The summed E-state index contributed by atoms with van der Waals surface area (Å²) in [5.74, 6) is -0.478. The second-order valence-electron chi connectivity index (χ2n) is 5.57. The van der Waals surface area contributed by atoms with E-state index in [-0.39, 0.29) is 12.2 Å². The van der Waals surface area contributed by atoms with Gasteiger partial charge in [0.05, 0.1) is 5.69 Å². The number of amides is 1. The van der Waals surface area contributed by atoms with Crippen LogP contribution < -0.4 is 16.6 Å². The fourth-order valence-corrected chi connectivity index (χ4v) is 2.41. The average Bonchev–Trinajstić information content (AvgIpc) is 3.16. The van der Waals surface area contributed by atoms with Gasteiger partial charge in [0.2, 0.25) is 0 Å². The number of hydrogen-bond acceptors (Lipinski definition) is 4. The van der Waals surface area contributed by atoms with E-state index in [0.29, 0.717) is 0 Å². The minimum Gasteiger partial charge on any atom is -0.347 e. The van der Waals surface area contributed by atoms with Crippen molar-refractivity contribution in [3.8, 4) is 5.69 Å². The van der Waals surface area contributed by atoms with Crippen LogP contribution in [0.5, 0.6) is 0 Å². The highest BCUT2D eigenvalue weighted by Crippen LogP contribution is 2.08. The molecule has 0 unspecified atom stereocenters. The normalized spacial score (nSPS) is 10.6. The van der Waals surface area contributed by atoms with E-state index < -0.39 is 17.2 Å². The second kappa shape index (κ2) is 6.60. The van der Waals surface area contributed by atoms with Gasteiger partial charge in [-0.1, -0.05) is 12.1 Å². The van der Waals surface area contributed by atoms with Crippen LogP contribution in [-0.4, -0.2) is 24.8 Å². The summed E-state index contributed by atoms with van der Waals surface area (Å²) in [4.78, 5) is 35.9. The van der Waals surface area contributed by atoms with Crippen LogP contribution in [0.3, 0.4) is 0 Å². The Balaban J connectivity index is 1.73. The summed E-state index contributed by atoms with van der Waals surface area (Å²) in [5.41, 5.74) is 0.770. The third kappa shape index (κ3) is 3.27. The van der Waals surface area contributed by atoms with Gasteiger partial charge >= 0.3 is 5.69 Å². The van der Waals surface area contributed by atoms with Crippen molar-refractivity contribution in [2.75, 3.05) is 0 Å². The van der Waals surface area contributed by atoms with Crippen molar-refractivity contribution in [3.63, 3.8) is 0 Å². The molecule has 2 aromatic heterocycles. The predicted molar refractivity (Wildman–Crippen MR) is 91.7 cm³/mol. The molecule has 0 atom stereocenters. The van der Waals surface area contributed by atoms with Gasteiger partial charge in [0.1, 0.15) is 5.69 Å². The van der Waals surface area contributed by atoms with Crippen LogP contribution in [0, 0.1) is 0 Å². The van der Waals surface area contributed by atoms with Gasteiger partial charge in [-0.2, -0.15) is 5.10 Å². The van der Waals surface area contributed by atoms with E-state index in [2.05, 4.69) is 10.4 Å². The van der Waals surface area contributed by atoms with E-state index >= 15 is 0 Å². The molecule has 8 nitrogen and oxygen atoms in total. The van der Waals surface area contributed by atoms with Crippen LogP contribution in [0.2, 0.25) is 0 Å². The molecule has 0 fully saturated rings.